The fraction of sp³-hybridized carbons (Fsp3) is 0.455. The third-order valence-electron chi connectivity index (χ3n) is 1.76. The van der Waals surface area contributed by atoms with Gasteiger partial charge in [-0.25, -0.2) is 0 Å². The first-order valence-corrected chi connectivity index (χ1v) is 5.58. The Morgan fingerprint density at radius 1 is 1.07 bits per heavy atom. The topological polar surface area (TPSA) is 9.23 Å². The first-order chi connectivity index (χ1) is 6.93. The van der Waals surface area contributed by atoms with E-state index in [1.165, 1.54) is 12.0 Å². The van der Waals surface area contributed by atoms with E-state index in [2.05, 4.69) is 0 Å². The third-order valence-corrected chi connectivity index (χ3v) is 2.51. The molecule has 14 heavy (non-hydrogen) atoms. The maximum atomic E-state index is 11.7. The highest BCUT2D eigenvalue weighted by Crippen LogP contribution is 2.18. The minimum atomic E-state index is -0.216. The minimum absolute atomic E-state index is 0.216. The highest BCUT2D eigenvalue weighted by molar-refractivity contribution is 7.94. The summed E-state index contributed by atoms with van der Waals surface area (Å²) in [7, 11) is 0. The number of hydrogen-bond acceptors (Lipinski definition) is 2. The van der Waals surface area contributed by atoms with Gasteiger partial charge in [0.15, 0.2) is 0 Å². The second kappa shape index (κ2) is 7.83. The molecule has 0 aromatic heterocycles. The van der Waals surface area contributed by atoms with Crippen LogP contribution in [0.15, 0.2) is 35.2 Å². The summed E-state index contributed by atoms with van der Waals surface area (Å²) in [4.78, 5) is 1.11. The van der Waals surface area contributed by atoms with E-state index < -0.39 is 0 Å². The molecule has 0 heterocycles. The van der Waals surface area contributed by atoms with Gasteiger partial charge in [0.05, 0.1) is 13.3 Å². The molecule has 0 radical (unpaired) electrons. The molecular weight excluding hydrogens is 199 g/mol. The van der Waals surface area contributed by atoms with Crippen LogP contribution in [-0.2, 0) is 4.18 Å². The fourth-order valence-corrected chi connectivity index (χ4v) is 1.62. The van der Waals surface area contributed by atoms with Crippen LogP contribution in [0.1, 0.15) is 19.3 Å². The van der Waals surface area contributed by atoms with Crippen LogP contribution in [0.25, 0.3) is 0 Å². The highest BCUT2D eigenvalue weighted by Gasteiger charge is 1.93. The lowest BCUT2D eigenvalue weighted by atomic mass is 10.3. The van der Waals surface area contributed by atoms with E-state index in [0.29, 0.717) is 13.0 Å². The van der Waals surface area contributed by atoms with Crippen molar-refractivity contribution in [3.05, 3.63) is 30.3 Å². The van der Waals surface area contributed by atoms with Crippen LogP contribution in [0.3, 0.4) is 0 Å². The Hall–Kier alpha value is -0.540. The molecule has 0 atom stereocenters. The molecule has 1 aromatic rings. The van der Waals surface area contributed by atoms with Gasteiger partial charge in [0.2, 0.25) is 0 Å². The lowest BCUT2D eigenvalue weighted by Gasteiger charge is -2.01. The normalized spacial score (nSPS) is 10.4. The van der Waals surface area contributed by atoms with Crippen molar-refractivity contribution in [1.82, 2.24) is 0 Å². The summed E-state index contributed by atoms with van der Waals surface area (Å²) in [6.45, 7) is 0.478. The lowest BCUT2D eigenvalue weighted by Crippen LogP contribution is -1.87. The largest absolute Gasteiger partial charge is 0.310 e. The van der Waals surface area contributed by atoms with Gasteiger partial charge in [-0.15, -0.1) is 0 Å². The van der Waals surface area contributed by atoms with Gasteiger partial charge < -0.3 is 4.18 Å². The molecule has 1 aromatic carbocycles. The van der Waals surface area contributed by atoms with Crippen molar-refractivity contribution in [2.75, 3.05) is 13.3 Å². The Morgan fingerprint density at radius 3 is 2.57 bits per heavy atom. The Labute approximate surface area is 88.9 Å². The van der Waals surface area contributed by atoms with Crippen molar-refractivity contribution >= 4 is 12.0 Å². The summed E-state index contributed by atoms with van der Waals surface area (Å²) in [6, 6.07) is 9.95. The van der Waals surface area contributed by atoms with Crippen LogP contribution in [0.4, 0.5) is 4.39 Å². The Morgan fingerprint density at radius 2 is 1.86 bits per heavy atom. The van der Waals surface area contributed by atoms with Crippen LogP contribution >= 0.6 is 12.0 Å². The van der Waals surface area contributed by atoms with Gasteiger partial charge in [-0.3, -0.25) is 4.39 Å². The molecule has 0 saturated heterocycles. The molecule has 0 spiro atoms. The second-order valence-corrected chi connectivity index (χ2v) is 3.84. The average Bonchev–Trinajstić information content (AvgIpc) is 2.25. The van der Waals surface area contributed by atoms with Crippen molar-refractivity contribution in [1.29, 1.82) is 0 Å². The number of halogens is 1. The maximum Gasteiger partial charge on any atom is 0.0894 e. The van der Waals surface area contributed by atoms with Crippen LogP contribution in [-0.4, -0.2) is 13.3 Å². The van der Waals surface area contributed by atoms with Gasteiger partial charge in [0.25, 0.3) is 0 Å². The lowest BCUT2D eigenvalue weighted by molar-refractivity contribution is 0.348. The monoisotopic (exact) mass is 214 g/mol. The number of benzene rings is 1. The summed E-state index contributed by atoms with van der Waals surface area (Å²) in [5.74, 6) is 0. The van der Waals surface area contributed by atoms with Crippen LogP contribution in [0.5, 0.6) is 0 Å². The van der Waals surface area contributed by atoms with E-state index in [0.717, 1.165) is 17.7 Å². The number of unbranched alkanes of at least 4 members (excludes halogenated alkanes) is 2. The van der Waals surface area contributed by atoms with Gasteiger partial charge in [0.1, 0.15) is 0 Å². The van der Waals surface area contributed by atoms with E-state index in [1.807, 2.05) is 30.3 Å². The summed E-state index contributed by atoms with van der Waals surface area (Å²) in [6.07, 6.45) is 2.50. The zero-order chi connectivity index (χ0) is 10.1. The van der Waals surface area contributed by atoms with E-state index in [4.69, 9.17) is 4.18 Å². The van der Waals surface area contributed by atoms with Crippen molar-refractivity contribution in [2.24, 2.45) is 0 Å². The summed E-state index contributed by atoms with van der Waals surface area (Å²) < 4.78 is 17.1. The van der Waals surface area contributed by atoms with E-state index >= 15 is 0 Å². The quantitative estimate of drug-likeness (QED) is 0.503. The van der Waals surface area contributed by atoms with Crippen LogP contribution < -0.4 is 0 Å². The predicted molar refractivity (Wildman–Crippen MR) is 58.1 cm³/mol. The van der Waals surface area contributed by atoms with E-state index in [9.17, 15) is 4.39 Å². The summed E-state index contributed by atoms with van der Waals surface area (Å²) >= 11 is 1.38. The molecule has 1 nitrogen and oxygen atoms in total. The molecule has 3 heteroatoms. The second-order valence-electron chi connectivity index (χ2n) is 2.97. The maximum absolute atomic E-state index is 11.7. The summed E-state index contributed by atoms with van der Waals surface area (Å²) in [5.41, 5.74) is 0. The van der Waals surface area contributed by atoms with Gasteiger partial charge in [-0.05, 0) is 31.4 Å². The summed E-state index contributed by atoms with van der Waals surface area (Å²) in [5, 5.41) is 0. The molecule has 0 unspecified atom stereocenters. The van der Waals surface area contributed by atoms with Gasteiger partial charge in [-0.1, -0.05) is 18.2 Å². The van der Waals surface area contributed by atoms with Gasteiger partial charge >= 0.3 is 0 Å². The molecule has 0 aliphatic heterocycles. The highest BCUT2D eigenvalue weighted by atomic mass is 32.2. The SMILES string of the molecule is FCCCCCOSc1ccccc1. The molecule has 0 aliphatic carbocycles. The van der Waals surface area contributed by atoms with E-state index in [1.54, 1.807) is 0 Å². The zero-order valence-electron chi connectivity index (χ0n) is 8.12. The smallest absolute Gasteiger partial charge is 0.0894 e. The zero-order valence-corrected chi connectivity index (χ0v) is 8.93. The molecule has 0 N–H and O–H groups in total. The molecule has 0 amide bonds. The molecule has 0 aliphatic rings. The number of hydrogen-bond donors (Lipinski definition) is 0. The minimum Gasteiger partial charge on any atom is -0.310 e. The van der Waals surface area contributed by atoms with Crippen LogP contribution in [0, 0.1) is 0 Å². The van der Waals surface area contributed by atoms with E-state index in [-0.39, 0.29) is 6.67 Å². The third kappa shape index (κ3) is 5.25. The molecule has 0 saturated carbocycles. The van der Waals surface area contributed by atoms with Gasteiger partial charge in [-0.2, -0.15) is 0 Å². The Bertz CT molecular complexity index is 228. The van der Waals surface area contributed by atoms with Crippen molar-refractivity contribution in [2.45, 2.75) is 24.2 Å². The standard InChI is InChI=1S/C11H15FOS/c12-9-5-2-6-10-13-14-11-7-3-1-4-8-11/h1,3-4,7-8H,2,5-6,9-10H2. The Kier molecular flexibility index (Phi) is 6.45. The van der Waals surface area contributed by atoms with Crippen molar-refractivity contribution in [3.63, 3.8) is 0 Å². The molecule has 1 rings (SSSR count). The van der Waals surface area contributed by atoms with Crippen molar-refractivity contribution < 1.29 is 8.57 Å². The number of rotatable bonds is 7. The molecular formula is C11H15FOS. The molecule has 0 bridgehead atoms. The molecule has 0 fully saturated rings. The van der Waals surface area contributed by atoms with Crippen LogP contribution in [0.2, 0.25) is 0 Å². The first-order valence-electron chi connectivity index (χ1n) is 4.84. The predicted octanol–water partition coefficient (Wildman–Crippen LogP) is 3.85. The first kappa shape index (κ1) is 11.5. The Balaban J connectivity index is 1.99. The van der Waals surface area contributed by atoms with Gasteiger partial charge in [0, 0.05) is 16.9 Å². The fourth-order valence-electron chi connectivity index (χ4n) is 1.02. The average molecular weight is 214 g/mol. The van der Waals surface area contributed by atoms with Crippen molar-refractivity contribution in [3.8, 4) is 0 Å². The number of alkyl halides is 1. The molecule has 78 valence electrons.